The van der Waals surface area contributed by atoms with Gasteiger partial charge in [-0.25, -0.2) is 0 Å². The third-order valence-electron chi connectivity index (χ3n) is 3.40. The van der Waals surface area contributed by atoms with Gasteiger partial charge >= 0.3 is 0 Å². The van der Waals surface area contributed by atoms with Gasteiger partial charge in [0.1, 0.15) is 5.75 Å². The topological polar surface area (TPSA) is 21.3 Å². The maximum atomic E-state index is 5.50. The molecule has 0 saturated carbocycles. The Labute approximate surface area is 123 Å². The standard InChI is InChI=1S/C17H17NOS/c1-19-17-9-8-13-5-2-3-7-15(13)16(17)12-18-11-14-6-4-10-20-14/h2-10,18H,11-12H2,1H3. The normalized spacial score (nSPS) is 10.8. The molecule has 3 aromatic rings. The summed E-state index contributed by atoms with van der Waals surface area (Å²) < 4.78 is 5.50. The van der Waals surface area contributed by atoms with Crippen LogP contribution in [0.15, 0.2) is 53.9 Å². The third-order valence-corrected chi connectivity index (χ3v) is 4.28. The molecule has 0 saturated heterocycles. The van der Waals surface area contributed by atoms with Crippen molar-refractivity contribution >= 4 is 22.1 Å². The summed E-state index contributed by atoms with van der Waals surface area (Å²) in [6, 6.07) is 16.8. The quantitative estimate of drug-likeness (QED) is 0.757. The molecular formula is C17H17NOS. The van der Waals surface area contributed by atoms with Crippen molar-refractivity contribution in [3.8, 4) is 5.75 Å². The van der Waals surface area contributed by atoms with Crippen LogP contribution in [-0.2, 0) is 13.1 Å². The van der Waals surface area contributed by atoms with Crippen LogP contribution in [0.3, 0.4) is 0 Å². The van der Waals surface area contributed by atoms with E-state index < -0.39 is 0 Å². The first-order valence-electron chi connectivity index (χ1n) is 6.66. The summed E-state index contributed by atoms with van der Waals surface area (Å²) in [6.45, 7) is 1.70. The fourth-order valence-corrected chi connectivity index (χ4v) is 3.09. The van der Waals surface area contributed by atoms with Gasteiger partial charge < -0.3 is 10.1 Å². The van der Waals surface area contributed by atoms with Crippen molar-refractivity contribution in [1.29, 1.82) is 0 Å². The van der Waals surface area contributed by atoms with Crippen molar-refractivity contribution in [2.24, 2.45) is 0 Å². The largest absolute Gasteiger partial charge is 0.496 e. The summed E-state index contributed by atoms with van der Waals surface area (Å²) >= 11 is 1.78. The van der Waals surface area contributed by atoms with Crippen LogP contribution < -0.4 is 10.1 Å². The Hall–Kier alpha value is -1.84. The number of hydrogen-bond acceptors (Lipinski definition) is 3. The molecule has 0 fully saturated rings. The van der Waals surface area contributed by atoms with Gasteiger partial charge in [-0.1, -0.05) is 36.4 Å². The Morgan fingerprint density at radius 3 is 2.70 bits per heavy atom. The van der Waals surface area contributed by atoms with E-state index >= 15 is 0 Å². The first-order valence-corrected chi connectivity index (χ1v) is 7.54. The zero-order valence-corrected chi connectivity index (χ0v) is 12.2. The highest BCUT2D eigenvalue weighted by Crippen LogP contribution is 2.27. The zero-order chi connectivity index (χ0) is 13.8. The first-order chi connectivity index (χ1) is 9.88. The van der Waals surface area contributed by atoms with Crippen LogP contribution in [0.4, 0.5) is 0 Å². The molecule has 0 aliphatic heterocycles. The van der Waals surface area contributed by atoms with Crippen molar-refractivity contribution in [3.05, 3.63) is 64.4 Å². The lowest BCUT2D eigenvalue weighted by Gasteiger charge is -2.12. The van der Waals surface area contributed by atoms with E-state index in [1.165, 1.54) is 21.2 Å². The highest BCUT2D eigenvalue weighted by atomic mass is 32.1. The molecule has 0 atom stereocenters. The van der Waals surface area contributed by atoms with Gasteiger partial charge in [-0.2, -0.15) is 0 Å². The summed E-state index contributed by atoms with van der Waals surface area (Å²) in [5, 5.41) is 8.11. The minimum absolute atomic E-state index is 0.808. The van der Waals surface area contributed by atoms with Gasteiger partial charge in [0.15, 0.2) is 0 Å². The van der Waals surface area contributed by atoms with E-state index in [0.717, 1.165) is 18.8 Å². The fourth-order valence-electron chi connectivity index (χ4n) is 2.41. The van der Waals surface area contributed by atoms with Crippen LogP contribution in [0.2, 0.25) is 0 Å². The average Bonchev–Trinajstić information content (AvgIpc) is 3.00. The Morgan fingerprint density at radius 1 is 1.00 bits per heavy atom. The highest BCUT2D eigenvalue weighted by Gasteiger charge is 2.07. The molecule has 0 aliphatic rings. The van der Waals surface area contributed by atoms with E-state index in [9.17, 15) is 0 Å². The molecule has 0 spiro atoms. The minimum Gasteiger partial charge on any atom is -0.496 e. The minimum atomic E-state index is 0.808. The number of benzene rings is 2. The van der Waals surface area contributed by atoms with Gasteiger partial charge in [-0.15, -0.1) is 11.3 Å². The monoisotopic (exact) mass is 283 g/mol. The molecule has 0 amide bonds. The van der Waals surface area contributed by atoms with E-state index in [2.05, 4.69) is 53.2 Å². The number of methoxy groups -OCH3 is 1. The molecule has 0 radical (unpaired) electrons. The number of thiophene rings is 1. The highest BCUT2D eigenvalue weighted by molar-refractivity contribution is 7.09. The second kappa shape index (κ2) is 6.07. The maximum absolute atomic E-state index is 5.50. The molecule has 3 heteroatoms. The predicted molar refractivity (Wildman–Crippen MR) is 85.4 cm³/mol. The molecule has 0 unspecified atom stereocenters. The molecule has 102 valence electrons. The molecule has 1 aromatic heterocycles. The molecule has 20 heavy (non-hydrogen) atoms. The Kier molecular flexibility index (Phi) is 4.00. The summed E-state index contributed by atoms with van der Waals surface area (Å²) in [5.74, 6) is 0.947. The van der Waals surface area contributed by atoms with E-state index in [-0.39, 0.29) is 0 Å². The van der Waals surface area contributed by atoms with Crippen LogP contribution in [0.1, 0.15) is 10.4 Å². The van der Waals surface area contributed by atoms with Gasteiger partial charge in [0.05, 0.1) is 7.11 Å². The van der Waals surface area contributed by atoms with Gasteiger partial charge in [0.2, 0.25) is 0 Å². The lowest BCUT2D eigenvalue weighted by Crippen LogP contribution is -2.13. The summed E-state index contributed by atoms with van der Waals surface area (Å²) in [4.78, 5) is 1.35. The second-order valence-corrected chi connectivity index (χ2v) is 5.68. The maximum Gasteiger partial charge on any atom is 0.123 e. The number of ether oxygens (including phenoxy) is 1. The Morgan fingerprint density at radius 2 is 1.90 bits per heavy atom. The van der Waals surface area contributed by atoms with E-state index in [4.69, 9.17) is 4.74 Å². The van der Waals surface area contributed by atoms with Crippen molar-refractivity contribution in [2.45, 2.75) is 13.1 Å². The van der Waals surface area contributed by atoms with Crippen molar-refractivity contribution in [3.63, 3.8) is 0 Å². The number of fused-ring (bicyclic) bond motifs is 1. The summed E-state index contributed by atoms with van der Waals surface area (Å²) in [7, 11) is 1.73. The average molecular weight is 283 g/mol. The summed E-state index contributed by atoms with van der Waals surface area (Å²) in [5.41, 5.74) is 1.22. The lowest BCUT2D eigenvalue weighted by atomic mass is 10.0. The molecule has 0 aliphatic carbocycles. The smallest absolute Gasteiger partial charge is 0.123 e. The zero-order valence-electron chi connectivity index (χ0n) is 11.4. The SMILES string of the molecule is COc1ccc2ccccc2c1CNCc1cccs1. The van der Waals surface area contributed by atoms with E-state index in [0.29, 0.717) is 0 Å². The molecule has 2 nitrogen and oxygen atoms in total. The van der Waals surface area contributed by atoms with Crippen LogP contribution in [-0.4, -0.2) is 7.11 Å². The van der Waals surface area contributed by atoms with Crippen LogP contribution in [0.5, 0.6) is 5.75 Å². The van der Waals surface area contributed by atoms with Gasteiger partial charge in [0, 0.05) is 23.5 Å². The van der Waals surface area contributed by atoms with Gasteiger partial charge in [0.25, 0.3) is 0 Å². The molecule has 1 heterocycles. The Bertz CT molecular complexity index is 691. The summed E-state index contributed by atoms with van der Waals surface area (Å²) in [6.07, 6.45) is 0. The number of nitrogens with one attached hydrogen (secondary N) is 1. The molecule has 3 rings (SSSR count). The van der Waals surface area contributed by atoms with Gasteiger partial charge in [-0.05, 0) is 28.3 Å². The molecule has 2 aromatic carbocycles. The lowest BCUT2D eigenvalue weighted by molar-refractivity contribution is 0.408. The van der Waals surface area contributed by atoms with Crippen molar-refractivity contribution < 1.29 is 4.74 Å². The second-order valence-electron chi connectivity index (χ2n) is 4.65. The molecule has 0 bridgehead atoms. The van der Waals surface area contributed by atoms with E-state index in [1.54, 1.807) is 18.4 Å². The van der Waals surface area contributed by atoms with Crippen molar-refractivity contribution in [2.75, 3.05) is 7.11 Å². The van der Waals surface area contributed by atoms with Crippen molar-refractivity contribution in [1.82, 2.24) is 5.32 Å². The van der Waals surface area contributed by atoms with Crippen LogP contribution in [0.25, 0.3) is 10.8 Å². The molecular weight excluding hydrogens is 266 g/mol. The van der Waals surface area contributed by atoms with E-state index in [1.807, 2.05) is 6.07 Å². The molecule has 1 N–H and O–H groups in total. The Balaban J connectivity index is 1.85. The third kappa shape index (κ3) is 2.69. The number of rotatable bonds is 5. The van der Waals surface area contributed by atoms with Crippen LogP contribution >= 0.6 is 11.3 Å². The van der Waals surface area contributed by atoms with Crippen LogP contribution in [0, 0.1) is 0 Å². The first kappa shape index (κ1) is 13.2. The fraction of sp³-hybridized carbons (Fsp3) is 0.176. The predicted octanol–water partition coefficient (Wildman–Crippen LogP) is 4.20. The number of hydrogen-bond donors (Lipinski definition) is 1. The van der Waals surface area contributed by atoms with Gasteiger partial charge in [-0.3, -0.25) is 0 Å².